The first kappa shape index (κ1) is 16.5. The molecular formula is C17H27N3O3. The highest BCUT2D eigenvalue weighted by molar-refractivity contribution is 5.76. The lowest BCUT2D eigenvalue weighted by Gasteiger charge is -2.35. The number of nitrogens with zero attached hydrogens (tertiary/aromatic N) is 3. The molecule has 1 amide bonds. The molecule has 0 saturated carbocycles. The third-order valence-corrected chi connectivity index (χ3v) is 4.98. The quantitative estimate of drug-likeness (QED) is 0.823. The van der Waals surface area contributed by atoms with Crippen molar-refractivity contribution in [1.29, 1.82) is 0 Å². The molecule has 3 rings (SSSR count). The molecule has 0 N–H and O–H groups in total. The Kier molecular flexibility index (Phi) is 5.33. The van der Waals surface area contributed by atoms with Crippen LogP contribution in [0.5, 0.6) is 0 Å². The highest BCUT2D eigenvalue weighted by Gasteiger charge is 2.25. The highest BCUT2D eigenvalue weighted by Crippen LogP contribution is 2.17. The lowest BCUT2D eigenvalue weighted by molar-refractivity contribution is -0.133. The Morgan fingerprint density at radius 3 is 2.65 bits per heavy atom. The molecule has 1 unspecified atom stereocenters. The van der Waals surface area contributed by atoms with E-state index in [2.05, 4.69) is 10.1 Å². The van der Waals surface area contributed by atoms with Gasteiger partial charge in [0.25, 0.3) is 0 Å². The summed E-state index contributed by atoms with van der Waals surface area (Å²) < 4.78 is 10.9. The van der Waals surface area contributed by atoms with Crippen LogP contribution < -0.4 is 0 Å². The predicted octanol–water partition coefficient (Wildman–Crippen LogP) is 1.55. The molecule has 2 aliphatic rings. The minimum Gasteiger partial charge on any atom is -0.377 e. The zero-order valence-corrected chi connectivity index (χ0v) is 14.2. The number of aromatic nitrogens is 1. The first-order valence-electron chi connectivity index (χ1n) is 8.67. The average molecular weight is 321 g/mol. The molecule has 1 atom stereocenters. The van der Waals surface area contributed by atoms with Crippen molar-refractivity contribution in [2.45, 2.75) is 45.6 Å². The summed E-state index contributed by atoms with van der Waals surface area (Å²) >= 11 is 0. The Morgan fingerprint density at radius 1 is 1.26 bits per heavy atom. The van der Waals surface area contributed by atoms with E-state index in [1.54, 1.807) is 0 Å². The van der Waals surface area contributed by atoms with Gasteiger partial charge in [0.05, 0.1) is 11.8 Å². The highest BCUT2D eigenvalue weighted by atomic mass is 16.5. The Labute approximate surface area is 137 Å². The van der Waals surface area contributed by atoms with E-state index in [4.69, 9.17) is 9.26 Å². The molecule has 0 aliphatic carbocycles. The van der Waals surface area contributed by atoms with Crippen LogP contribution in [-0.2, 0) is 16.0 Å². The van der Waals surface area contributed by atoms with Gasteiger partial charge >= 0.3 is 0 Å². The Bertz CT molecular complexity index is 510. The average Bonchev–Trinajstić information content (AvgIpc) is 3.17. The first-order valence-corrected chi connectivity index (χ1v) is 8.67. The lowest BCUT2D eigenvalue weighted by Crippen LogP contribution is -2.50. The van der Waals surface area contributed by atoms with Crippen molar-refractivity contribution in [3.8, 4) is 0 Å². The van der Waals surface area contributed by atoms with Gasteiger partial charge in [-0.25, -0.2) is 0 Å². The van der Waals surface area contributed by atoms with E-state index in [0.717, 1.165) is 62.8 Å². The number of aryl methyl sites for hydroxylation is 2. The van der Waals surface area contributed by atoms with Crippen LogP contribution in [-0.4, -0.2) is 66.3 Å². The number of hydrogen-bond donors (Lipinski definition) is 0. The van der Waals surface area contributed by atoms with Gasteiger partial charge < -0.3 is 14.2 Å². The summed E-state index contributed by atoms with van der Waals surface area (Å²) in [6, 6.07) is 0. The van der Waals surface area contributed by atoms with Crippen molar-refractivity contribution in [3.63, 3.8) is 0 Å². The summed E-state index contributed by atoms with van der Waals surface area (Å²) in [6.45, 7) is 9.32. The van der Waals surface area contributed by atoms with Crippen LogP contribution in [0.3, 0.4) is 0 Å². The predicted molar refractivity (Wildman–Crippen MR) is 86.3 cm³/mol. The van der Waals surface area contributed by atoms with Gasteiger partial charge in [0.2, 0.25) is 5.91 Å². The van der Waals surface area contributed by atoms with Crippen LogP contribution in [0.2, 0.25) is 0 Å². The fourth-order valence-electron chi connectivity index (χ4n) is 3.51. The zero-order valence-electron chi connectivity index (χ0n) is 14.2. The van der Waals surface area contributed by atoms with Crippen molar-refractivity contribution in [3.05, 3.63) is 17.0 Å². The van der Waals surface area contributed by atoms with Crippen LogP contribution in [0.4, 0.5) is 0 Å². The largest absolute Gasteiger partial charge is 0.377 e. The van der Waals surface area contributed by atoms with Crippen molar-refractivity contribution in [2.75, 3.05) is 39.3 Å². The van der Waals surface area contributed by atoms with Crippen LogP contribution in [0, 0.1) is 13.8 Å². The van der Waals surface area contributed by atoms with Crippen molar-refractivity contribution >= 4 is 5.91 Å². The van der Waals surface area contributed by atoms with Crippen LogP contribution >= 0.6 is 0 Å². The molecule has 6 nitrogen and oxygen atoms in total. The van der Waals surface area contributed by atoms with Crippen LogP contribution in [0.1, 0.15) is 36.3 Å². The number of rotatable bonds is 5. The van der Waals surface area contributed by atoms with Gasteiger partial charge in [0, 0.05) is 51.3 Å². The molecule has 1 aromatic heterocycles. The number of amides is 1. The summed E-state index contributed by atoms with van der Waals surface area (Å²) in [6.07, 6.45) is 4.02. The topological polar surface area (TPSA) is 58.8 Å². The molecule has 1 aromatic rings. The Balaban J connectivity index is 1.41. The summed E-state index contributed by atoms with van der Waals surface area (Å²) in [7, 11) is 0. The van der Waals surface area contributed by atoms with Gasteiger partial charge in [-0.2, -0.15) is 0 Å². The standard InChI is InChI=1S/C17H27N3O3/c1-13-16(14(2)23-18-13)5-6-17(21)20-9-7-19(8-10-20)12-15-4-3-11-22-15/h15H,3-12H2,1-2H3. The van der Waals surface area contributed by atoms with E-state index in [-0.39, 0.29) is 5.91 Å². The van der Waals surface area contributed by atoms with E-state index < -0.39 is 0 Å². The number of carbonyl (C=O) groups excluding carboxylic acids is 1. The van der Waals surface area contributed by atoms with Gasteiger partial charge in [-0.3, -0.25) is 9.69 Å². The number of carbonyl (C=O) groups is 1. The normalized spacial score (nSPS) is 22.7. The van der Waals surface area contributed by atoms with Crippen LogP contribution in [0.25, 0.3) is 0 Å². The summed E-state index contributed by atoms with van der Waals surface area (Å²) in [5.74, 6) is 1.07. The maximum atomic E-state index is 12.4. The lowest BCUT2D eigenvalue weighted by atomic mass is 10.1. The minimum absolute atomic E-state index is 0.238. The number of piperazine rings is 1. The summed E-state index contributed by atoms with van der Waals surface area (Å²) in [5.41, 5.74) is 1.98. The molecule has 2 aliphatic heterocycles. The number of ether oxygens (including phenoxy) is 1. The third kappa shape index (κ3) is 4.12. The molecule has 2 saturated heterocycles. The Hall–Kier alpha value is -1.40. The Morgan fingerprint density at radius 2 is 2.04 bits per heavy atom. The second kappa shape index (κ2) is 7.45. The van der Waals surface area contributed by atoms with Gasteiger partial charge in [0.15, 0.2) is 0 Å². The van der Waals surface area contributed by atoms with E-state index in [9.17, 15) is 4.79 Å². The maximum Gasteiger partial charge on any atom is 0.222 e. The van der Waals surface area contributed by atoms with E-state index in [1.807, 2.05) is 18.7 Å². The van der Waals surface area contributed by atoms with Gasteiger partial charge in [-0.1, -0.05) is 5.16 Å². The molecule has 0 spiro atoms. The van der Waals surface area contributed by atoms with Crippen LogP contribution in [0.15, 0.2) is 4.52 Å². The van der Waals surface area contributed by atoms with Gasteiger partial charge in [-0.15, -0.1) is 0 Å². The fourth-order valence-corrected chi connectivity index (χ4v) is 3.51. The second-order valence-electron chi connectivity index (χ2n) is 6.62. The maximum absolute atomic E-state index is 12.4. The van der Waals surface area contributed by atoms with E-state index >= 15 is 0 Å². The number of hydrogen-bond acceptors (Lipinski definition) is 5. The molecule has 0 radical (unpaired) electrons. The van der Waals surface area contributed by atoms with E-state index in [0.29, 0.717) is 12.5 Å². The molecule has 2 fully saturated rings. The SMILES string of the molecule is Cc1noc(C)c1CCC(=O)N1CCN(CC2CCCO2)CC1. The molecule has 23 heavy (non-hydrogen) atoms. The van der Waals surface area contributed by atoms with Gasteiger partial charge in [0.1, 0.15) is 5.76 Å². The summed E-state index contributed by atoms with van der Waals surface area (Å²) in [4.78, 5) is 16.8. The monoisotopic (exact) mass is 321 g/mol. The molecule has 3 heterocycles. The molecular weight excluding hydrogens is 294 g/mol. The molecule has 0 aromatic carbocycles. The molecule has 128 valence electrons. The van der Waals surface area contributed by atoms with E-state index in [1.165, 1.54) is 12.8 Å². The molecule has 6 heteroatoms. The second-order valence-corrected chi connectivity index (χ2v) is 6.62. The zero-order chi connectivity index (χ0) is 16.2. The van der Waals surface area contributed by atoms with Crippen molar-refractivity contribution < 1.29 is 14.1 Å². The third-order valence-electron chi connectivity index (χ3n) is 4.98. The molecule has 0 bridgehead atoms. The minimum atomic E-state index is 0.238. The van der Waals surface area contributed by atoms with Crippen molar-refractivity contribution in [1.82, 2.24) is 15.0 Å². The summed E-state index contributed by atoms with van der Waals surface area (Å²) in [5, 5.41) is 3.95. The fraction of sp³-hybridized carbons (Fsp3) is 0.765. The first-order chi connectivity index (χ1) is 11.1. The smallest absolute Gasteiger partial charge is 0.222 e. The van der Waals surface area contributed by atoms with Gasteiger partial charge in [-0.05, 0) is 33.1 Å². The van der Waals surface area contributed by atoms with Crippen molar-refractivity contribution in [2.24, 2.45) is 0 Å².